The zero-order valence-corrected chi connectivity index (χ0v) is 15.2. The molecule has 134 valence electrons. The van der Waals surface area contributed by atoms with Gasteiger partial charge in [-0.1, -0.05) is 36.4 Å². The van der Waals surface area contributed by atoms with Crippen molar-refractivity contribution in [3.05, 3.63) is 58.5 Å². The van der Waals surface area contributed by atoms with Gasteiger partial charge in [-0.25, -0.2) is 0 Å². The first kappa shape index (κ1) is 17.0. The van der Waals surface area contributed by atoms with Crippen LogP contribution in [0.4, 0.5) is 5.00 Å². The van der Waals surface area contributed by atoms with Gasteiger partial charge in [-0.3, -0.25) is 9.59 Å². The van der Waals surface area contributed by atoms with E-state index in [2.05, 4.69) is 28.8 Å². The van der Waals surface area contributed by atoms with E-state index in [-0.39, 0.29) is 17.9 Å². The molecule has 0 radical (unpaired) electrons. The monoisotopic (exact) mass is 367 g/mol. The van der Waals surface area contributed by atoms with Gasteiger partial charge in [0.15, 0.2) is 0 Å². The first-order valence-electron chi connectivity index (χ1n) is 8.87. The lowest BCUT2D eigenvalue weighted by atomic mass is 10.0. The second-order valence-electron chi connectivity index (χ2n) is 6.68. The van der Waals surface area contributed by atoms with Gasteiger partial charge in [0.05, 0.1) is 15.9 Å². The van der Waals surface area contributed by atoms with Crippen molar-refractivity contribution in [2.75, 3.05) is 25.0 Å². The van der Waals surface area contributed by atoms with Crippen LogP contribution in [0.2, 0.25) is 0 Å². The standard InChI is InChI=1S/C20H21N3O2S/c24-19(16-7-4-10-21-16)22-18-9-8-17(26-18)20(25)23-12-15(13-23)11-14-5-2-1-3-6-14/h1-3,5-6,8-9,11,16,21H,4,7,10,12-13H2,(H,22,24)/t16-/m0/s1. The Hall–Kier alpha value is -2.44. The smallest absolute Gasteiger partial charge is 0.264 e. The molecule has 0 saturated carbocycles. The molecule has 0 bridgehead atoms. The predicted molar refractivity (Wildman–Crippen MR) is 104 cm³/mol. The highest BCUT2D eigenvalue weighted by atomic mass is 32.1. The van der Waals surface area contributed by atoms with Gasteiger partial charge in [-0.2, -0.15) is 0 Å². The van der Waals surface area contributed by atoms with E-state index in [0.717, 1.165) is 30.0 Å². The van der Waals surface area contributed by atoms with Crippen molar-refractivity contribution < 1.29 is 9.59 Å². The number of nitrogens with zero attached hydrogens (tertiary/aromatic N) is 1. The summed E-state index contributed by atoms with van der Waals surface area (Å²) in [5, 5.41) is 6.82. The van der Waals surface area contributed by atoms with Crippen molar-refractivity contribution in [3.63, 3.8) is 0 Å². The number of likely N-dealkylation sites (tertiary alicyclic amines) is 1. The average Bonchev–Trinajstić information content (AvgIpc) is 3.30. The molecule has 2 aromatic rings. The second-order valence-corrected chi connectivity index (χ2v) is 7.76. The van der Waals surface area contributed by atoms with Crippen LogP contribution in [0.15, 0.2) is 48.0 Å². The maximum Gasteiger partial charge on any atom is 0.264 e. The molecular formula is C20H21N3O2S. The zero-order chi connectivity index (χ0) is 17.9. The number of carbonyl (C=O) groups is 2. The Balaban J connectivity index is 1.33. The van der Waals surface area contributed by atoms with Crippen LogP contribution in [0.1, 0.15) is 28.1 Å². The molecule has 0 unspecified atom stereocenters. The number of benzene rings is 1. The van der Waals surface area contributed by atoms with Crippen LogP contribution in [0.5, 0.6) is 0 Å². The van der Waals surface area contributed by atoms with E-state index >= 15 is 0 Å². The number of hydrogen-bond donors (Lipinski definition) is 2. The van der Waals surface area contributed by atoms with Crippen molar-refractivity contribution in [2.24, 2.45) is 0 Å². The van der Waals surface area contributed by atoms with Crippen molar-refractivity contribution in [1.29, 1.82) is 0 Å². The minimum atomic E-state index is -0.114. The summed E-state index contributed by atoms with van der Waals surface area (Å²) in [7, 11) is 0. The Labute approximate surface area is 156 Å². The van der Waals surface area contributed by atoms with Crippen LogP contribution in [0.25, 0.3) is 6.08 Å². The molecule has 2 fully saturated rings. The lowest BCUT2D eigenvalue weighted by molar-refractivity contribution is -0.117. The molecule has 2 aliphatic heterocycles. The Morgan fingerprint density at radius 2 is 1.96 bits per heavy atom. The third kappa shape index (κ3) is 3.71. The number of amides is 2. The van der Waals surface area contributed by atoms with Crippen LogP contribution in [-0.4, -0.2) is 42.4 Å². The maximum atomic E-state index is 12.6. The van der Waals surface area contributed by atoms with Crippen molar-refractivity contribution in [2.45, 2.75) is 18.9 Å². The van der Waals surface area contributed by atoms with Gasteiger partial charge in [0.1, 0.15) is 0 Å². The molecule has 6 heteroatoms. The molecule has 2 aliphatic rings. The zero-order valence-electron chi connectivity index (χ0n) is 14.4. The van der Waals surface area contributed by atoms with Crippen molar-refractivity contribution >= 4 is 34.2 Å². The molecule has 2 amide bonds. The van der Waals surface area contributed by atoms with E-state index in [9.17, 15) is 9.59 Å². The summed E-state index contributed by atoms with van der Waals surface area (Å²) >= 11 is 1.34. The van der Waals surface area contributed by atoms with Crippen LogP contribution >= 0.6 is 11.3 Å². The number of thiophene rings is 1. The molecule has 2 N–H and O–H groups in total. The van der Waals surface area contributed by atoms with Gasteiger partial charge in [-0.15, -0.1) is 11.3 Å². The van der Waals surface area contributed by atoms with E-state index < -0.39 is 0 Å². The van der Waals surface area contributed by atoms with E-state index in [0.29, 0.717) is 18.0 Å². The highest BCUT2D eigenvalue weighted by Gasteiger charge is 2.27. The molecule has 5 nitrogen and oxygen atoms in total. The highest BCUT2D eigenvalue weighted by molar-refractivity contribution is 7.18. The Morgan fingerprint density at radius 1 is 1.15 bits per heavy atom. The number of carbonyl (C=O) groups excluding carboxylic acids is 2. The molecule has 0 aliphatic carbocycles. The maximum absolute atomic E-state index is 12.6. The fraction of sp³-hybridized carbons (Fsp3) is 0.300. The molecule has 1 aromatic carbocycles. The summed E-state index contributed by atoms with van der Waals surface area (Å²) in [5.41, 5.74) is 2.41. The largest absolute Gasteiger partial charge is 0.330 e. The van der Waals surface area contributed by atoms with Crippen molar-refractivity contribution in [3.8, 4) is 0 Å². The number of nitrogens with one attached hydrogen (secondary N) is 2. The molecule has 2 saturated heterocycles. The van der Waals surface area contributed by atoms with E-state index in [1.807, 2.05) is 29.2 Å². The lowest BCUT2D eigenvalue weighted by Crippen LogP contribution is -2.44. The van der Waals surface area contributed by atoms with Gasteiger partial charge in [0.2, 0.25) is 5.91 Å². The summed E-state index contributed by atoms with van der Waals surface area (Å²) in [6.07, 6.45) is 4.03. The summed E-state index contributed by atoms with van der Waals surface area (Å²) in [6, 6.07) is 13.6. The van der Waals surface area contributed by atoms with Crippen LogP contribution in [0.3, 0.4) is 0 Å². The summed E-state index contributed by atoms with van der Waals surface area (Å²) in [6.45, 7) is 2.22. The molecular weight excluding hydrogens is 346 g/mol. The second kappa shape index (κ2) is 7.43. The molecule has 1 aromatic heterocycles. The van der Waals surface area contributed by atoms with E-state index in [4.69, 9.17) is 0 Å². The summed E-state index contributed by atoms with van der Waals surface area (Å²) in [5.74, 6) is 0.0140. The molecule has 1 atom stereocenters. The Kier molecular flexibility index (Phi) is 4.86. The van der Waals surface area contributed by atoms with Gasteiger partial charge < -0.3 is 15.5 Å². The summed E-state index contributed by atoms with van der Waals surface area (Å²) < 4.78 is 0. The van der Waals surface area contributed by atoms with E-state index in [1.54, 1.807) is 6.07 Å². The van der Waals surface area contributed by atoms with Gasteiger partial charge in [-0.05, 0) is 42.7 Å². The quantitative estimate of drug-likeness (QED) is 0.873. The predicted octanol–water partition coefficient (Wildman–Crippen LogP) is 2.98. The minimum absolute atomic E-state index is 0.0135. The van der Waals surface area contributed by atoms with Gasteiger partial charge in [0.25, 0.3) is 5.91 Å². The Bertz CT molecular complexity index is 830. The number of hydrogen-bond acceptors (Lipinski definition) is 4. The lowest BCUT2D eigenvalue weighted by Gasteiger charge is -2.33. The average molecular weight is 367 g/mol. The fourth-order valence-electron chi connectivity index (χ4n) is 3.26. The first-order valence-corrected chi connectivity index (χ1v) is 9.68. The fourth-order valence-corrected chi connectivity index (χ4v) is 4.13. The number of rotatable bonds is 4. The van der Waals surface area contributed by atoms with Crippen molar-refractivity contribution in [1.82, 2.24) is 10.2 Å². The van der Waals surface area contributed by atoms with Crippen LogP contribution < -0.4 is 10.6 Å². The normalized spacial score (nSPS) is 19.2. The molecule has 0 spiro atoms. The Morgan fingerprint density at radius 3 is 2.69 bits per heavy atom. The molecule has 4 rings (SSSR count). The SMILES string of the molecule is O=C(Nc1ccc(C(=O)N2CC(=Cc3ccccc3)C2)s1)[C@@H]1CCCN1. The van der Waals surface area contributed by atoms with Crippen LogP contribution in [-0.2, 0) is 4.79 Å². The third-order valence-corrected chi connectivity index (χ3v) is 5.67. The summed E-state index contributed by atoms with van der Waals surface area (Å²) in [4.78, 5) is 27.2. The topological polar surface area (TPSA) is 61.4 Å². The molecule has 26 heavy (non-hydrogen) atoms. The van der Waals surface area contributed by atoms with Gasteiger partial charge >= 0.3 is 0 Å². The molecule has 3 heterocycles. The highest BCUT2D eigenvalue weighted by Crippen LogP contribution is 2.27. The van der Waals surface area contributed by atoms with E-state index in [1.165, 1.54) is 16.9 Å². The third-order valence-electron chi connectivity index (χ3n) is 4.69. The van der Waals surface area contributed by atoms with Gasteiger partial charge in [0, 0.05) is 13.1 Å². The van der Waals surface area contributed by atoms with Crippen LogP contribution in [0, 0.1) is 0 Å². The number of anilines is 1. The minimum Gasteiger partial charge on any atom is -0.330 e. The first-order chi connectivity index (χ1) is 12.7.